The van der Waals surface area contributed by atoms with Gasteiger partial charge in [0.05, 0.1) is 12.8 Å². The van der Waals surface area contributed by atoms with Gasteiger partial charge in [0, 0.05) is 40.0 Å². The van der Waals surface area contributed by atoms with Crippen LogP contribution in [-0.4, -0.2) is 27.7 Å². The molecule has 0 aliphatic heterocycles. The lowest BCUT2D eigenvalue weighted by Crippen LogP contribution is -2.14. The number of aryl methyl sites for hydroxylation is 1. The van der Waals surface area contributed by atoms with Crippen LogP contribution >= 0.6 is 0 Å². The van der Waals surface area contributed by atoms with Crippen molar-refractivity contribution in [3.05, 3.63) is 89.5 Å². The third-order valence-electron chi connectivity index (χ3n) is 5.34. The fraction of sp³-hybridized carbons (Fsp3) is 0.115. The first-order valence-electron chi connectivity index (χ1n) is 10.4. The lowest BCUT2D eigenvalue weighted by atomic mass is 10.1. The molecule has 2 N–H and O–H groups in total. The molecule has 0 unspecified atom stereocenters. The maximum atomic E-state index is 12.5. The quantitative estimate of drug-likeness (QED) is 0.147. The molecule has 1 heterocycles. The zero-order valence-corrected chi connectivity index (χ0v) is 17.7. The van der Waals surface area contributed by atoms with Gasteiger partial charge >= 0.3 is 0 Å². The zero-order chi connectivity index (χ0) is 22.5. The van der Waals surface area contributed by atoms with Crippen LogP contribution in [0.5, 0.6) is 0 Å². The van der Waals surface area contributed by atoms with Crippen molar-refractivity contribution in [3.8, 4) is 0 Å². The summed E-state index contributed by atoms with van der Waals surface area (Å²) in [6, 6.07) is 21.5. The fourth-order valence-electron chi connectivity index (χ4n) is 3.85. The van der Waals surface area contributed by atoms with Gasteiger partial charge in [-0.1, -0.05) is 42.5 Å². The van der Waals surface area contributed by atoms with E-state index in [1.54, 1.807) is 24.3 Å². The van der Waals surface area contributed by atoms with Crippen LogP contribution in [0.4, 0.5) is 0 Å². The van der Waals surface area contributed by atoms with E-state index in [1.165, 1.54) is 45.7 Å². The highest BCUT2D eigenvalue weighted by Gasteiger charge is 2.09. The molecule has 32 heavy (non-hydrogen) atoms. The van der Waals surface area contributed by atoms with Crippen LogP contribution in [0.3, 0.4) is 0 Å². The largest absolute Gasteiger partial charge is 0.341 e. The SMILES string of the molecule is CCn1c2ccccc2c2cc(CN=CC(=O)c3cccc(/C=C/C(=O)NO)c3)ccc21. The molecule has 0 fully saturated rings. The van der Waals surface area contributed by atoms with E-state index in [4.69, 9.17) is 5.21 Å². The van der Waals surface area contributed by atoms with Crippen LogP contribution in [0.2, 0.25) is 0 Å². The Hall–Kier alpha value is -4.03. The normalized spacial score (nSPS) is 11.7. The summed E-state index contributed by atoms with van der Waals surface area (Å²) in [7, 11) is 0. The van der Waals surface area contributed by atoms with Crippen molar-refractivity contribution in [1.82, 2.24) is 10.0 Å². The van der Waals surface area contributed by atoms with Crippen molar-refractivity contribution >= 4 is 45.8 Å². The molecule has 0 aliphatic rings. The molecule has 6 heteroatoms. The minimum Gasteiger partial charge on any atom is -0.341 e. The molecular weight excluding hydrogens is 402 g/mol. The van der Waals surface area contributed by atoms with Gasteiger partial charge in [0.1, 0.15) is 0 Å². The van der Waals surface area contributed by atoms with Crippen LogP contribution in [0, 0.1) is 0 Å². The molecule has 0 saturated heterocycles. The molecule has 0 atom stereocenters. The van der Waals surface area contributed by atoms with Crippen LogP contribution in [-0.2, 0) is 17.9 Å². The highest BCUT2D eigenvalue weighted by Crippen LogP contribution is 2.29. The van der Waals surface area contributed by atoms with E-state index < -0.39 is 5.91 Å². The van der Waals surface area contributed by atoms with E-state index in [9.17, 15) is 9.59 Å². The molecule has 4 rings (SSSR count). The van der Waals surface area contributed by atoms with E-state index >= 15 is 0 Å². The van der Waals surface area contributed by atoms with Gasteiger partial charge in [0.25, 0.3) is 5.91 Å². The molecular formula is C26H23N3O3. The van der Waals surface area contributed by atoms with E-state index in [2.05, 4.69) is 46.8 Å². The second-order valence-corrected chi connectivity index (χ2v) is 7.38. The summed E-state index contributed by atoms with van der Waals surface area (Å²) in [6.45, 7) is 3.44. The molecule has 1 amide bonds. The first kappa shape index (κ1) is 21.2. The number of Topliss-reactive ketones (excluding diaryl/α,β-unsaturated/α-hetero) is 1. The number of ketones is 1. The minimum absolute atomic E-state index is 0.212. The van der Waals surface area contributed by atoms with Gasteiger partial charge in [-0.05, 0) is 48.4 Å². The molecule has 0 bridgehead atoms. The van der Waals surface area contributed by atoms with Crippen molar-refractivity contribution in [2.75, 3.05) is 0 Å². The maximum Gasteiger partial charge on any atom is 0.267 e. The Morgan fingerprint density at radius 2 is 1.81 bits per heavy atom. The number of aliphatic imine (C=N–C) groups is 1. The van der Waals surface area contributed by atoms with Gasteiger partial charge in [-0.15, -0.1) is 0 Å². The molecule has 6 nitrogen and oxygen atoms in total. The summed E-state index contributed by atoms with van der Waals surface area (Å²) in [5.74, 6) is -0.849. The molecule has 0 aliphatic carbocycles. The average Bonchev–Trinajstić information content (AvgIpc) is 3.15. The Morgan fingerprint density at radius 1 is 1.00 bits per heavy atom. The number of benzene rings is 3. The van der Waals surface area contributed by atoms with Crippen LogP contribution in [0.25, 0.3) is 27.9 Å². The van der Waals surface area contributed by atoms with Gasteiger partial charge < -0.3 is 4.57 Å². The number of nitrogens with zero attached hydrogens (tertiary/aromatic N) is 2. The number of carbonyl (C=O) groups is 2. The third-order valence-corrected chi connectivity index (χ3v) is 5.34. The summed E-state index contributed by atoms with van der Waals surface area (Å²) in [5, 5.41) is 10.9. The average molecular weight is 425 g/mol. The number of nitrogens with one attached hydrogen (secondary N) is 1. The molecule has 3 aromatic carbocycles. The van der Waals surface area contributed by atoms with E-state index in [0.717, 1.165) is 12.1 Å². The summed E-state index contributed by atoms with van der Waals surface area (Å²) >= 11 is 0. The van der Waals surface area contributed by atoms with Crippen molar-refractivity contribution in [2.45, 2.75) is 20.0 Å². The molecule has 4 aromatic rings. The number of fused-ring (bicyclic) bond motifs is 3. The lowest BCUT2D eigenvalue weighted by molar-refractivity contribution is -0.124. The second-order valence-electron chi connectivity index (χ2n) is 7.38. The Bertz CT molecular complexity index is 1370. The van der Waals surface area contributed by atoms with Crippen LogP contribution in [0.15, 0.2) is 77.8 Å². The van der Waals surface area contributed by atoms with E-state index in [0.29, 0.717) is 17.7 Å². The number of hydrogen-bond donors (Lipinski definition) is 2. The van der Waals surface area contributed by atoms with Crippen molar-refractivity contribution < 1.29 is 14.8 Å². The molecule has 0 radical (unpaired) electrons. The smallest absolute Gasteiger partial charge is 0.267 e. The Morgan fingerprint density at radius 3 is 2.62 bits per heavy atom. The Balaban J connectivity index is 1.52. The zero-order valence-electron chi connectivity index (χ0n) is 17.7. The summed E-state index contributed by atoms with van der Waals surface area (Å²) in [4.78, 5) is 28.0. The van der Waals surface area contributed by atoms with Gasteiger partial charge in [0.15, 0.2) is 0 Å². The number of hydrogen-bond acceptors (Lipinski definition) is 4. The summed E-state index contributed by atoms with van der Waals surface area (Å²) in [6.07, 6.45) is 4.04. The first-order chi connectivity index (χ1) is 15.6. The number of hydroxylamine groups is 1. The molecule has 0 saturated carbocycles. The predicted octanol–water partition coefficient (Wildman–Crippen LogP) is 4.79. The first-order valence-corrected chi connectivity index (χ1v) is 10.4. The number of amides is 1. The van der Waals surface area contributed by atoms with Crippen LogP contribution < -0.4 is 5.48 Å². The topological polar surface area (TPSA) is 83.7 Å². The molecule has 1 aromatic heterocycles. The highest BCUT2D eigenvalue weighted by molar-refractivity contribution is 6.35. The van der Waals surface area contributed by atoms with Crippen molar-refractivity contribution in [2.24, 2.45) is 4.99 Å². The number of aromatic nitrogens is 1. The Labute approximate surface area is 185 Å². The Kier molecular flexibility index (Phi) is 6.24. The number of para-hydroxylation sites is 1. The monoisotopic (exact) mass is 425 g/mol. The van der Waals surface area contributed by atoms with Crippen molar-refractivity contribution in [3.63, 3.8) is 0 Å². The van der Waals surface area contributed by atoms with Crippen molar-refractivity contribution in [1.29, 1.82) is 0 Å². The van der Waals surface area contributed by atoms with Gasteiger partial charge in [-0.2, -0.15) is 0 Å². The molecule has 0 spiro atoms. The standard InChI is InChI=1S/C26H23N3O3/c1-2-29-23-9-4-3-8-21(23)22-15-19(10-12-24(22)29)16-27-17-25(30)20-7-5-6-18(14-20)11-13-26(31)28-32/h3-15,17,32H,2,16H2,1H3,(H,28,31)/b13-11+,27-17?. The van der Waals surface area contributed by atoms with Gasteiger partial charge in [-0.3, -0.25) is 19.8 Å². The number of carbonyl (C=O) groups excluding carboxylic acids is 2. The van der Waals surface area contributed by atoms with Gasteiger partial charge in [0.2, 0.25) is 5.78 Å². The fourth-order valence-corrected chi connectivity index (χ4v) is 3.85. The minimum atomic E-state index is -0.637. The third kappa shape index (κ3) is 4.36. The predicted molar refractivity (Wildman–Crippen MR) is 127 cm³/mol. The highest BCUT2D eigenvalue weighted by atomic mass is 16.5. The lowest BCUT2D eigenvalue weighted by Gasteiger charge is -2.03. The second kappa shape index (κ2) is 9.41. The van der Waals surface area contributed by atoms with E-state index in [1.807, 2.05) is 12.1 Å². The van der Waals surface area contributed by atoms with E-state index in [-0.39, 0.29) is 5.78 Å². The molecule has 160 valence electrons. The summed E-state index contributed by atoms with van der Waals surface area (Å²) in [5.41, 5.74) is 6.11. The maximum absolute atomic E-state index is 12.5. The van der Waals surface area contributed by atoms with Gasteiger partial charge in [-0.25, -0.2) is 5.48 Å². The van der Waals surface area contributed by atoms with Crippen LogP contribution in [0.1, 0.15) is 28.4 Å². The summed E-state index contributed by atoms with van der Waals surface area (Å²) < 4.78 is 2.30. The number of rotatable bonds is 7.